The summed E-state index contributed by atoms with van der Waals surface area (Å²) in [5, 5.41) is 0.846. The maximum Gasteiger partial charge on any atom is 0.424 e. The Morgan fingerprint density at radius 2 is 1.90 bits per heavy atom. The van der Waals surface area contributed by atoms with Crippen LogP contribution in [0.2, 0.25) is 0 Å². The van der Waals surface area contributed by atoms with Crippen LogP contribution in [-0.2, 0) is 4.74 Å². The van der Waals surface area contributed by atoms with Crippen molar-refractivity contribution in [2.45, 2.75) is 33.8 Å². The zero-order chi connectivity index (χ0) is 15.5. The maximum atomic E-state index is 12.8. The zero-order valence-corrected chi connectivity index (χ0v) is 12.5. The van der Waals surface area contributed by atoms with Gasteiger partial charge in [-0.3, -0.25) is 0 Å². The van der Waals surface area contributed by atoms with Crippen molar-refractivity contribution >= 4 is 11.7 Å². The van der Waals surface area contributed by atoms with Crippen molar-refractivity contribution < 1.29 is 13.9 Å². The van der Waals surface area contributed by atoms with E-state index in [4.69, 9.17) is 10.6 Å². The quantitative estimate of drug-likeness (QED) is 0.520. The van der Waals surface area contributed by atoms with Gasteiger partial charge < -0.3 is 4.74 Å². The summed E-state index contributed by atoms with van der Waals surface area (Å²) in [6.07, 6.45) is -0.504. The molecule has 0 unspecified atom stereocenters. The van der Waals surface area contributed by atoms with Crippen LogP contribution in [0.25, 0.3) is 5.57 Å². The molecule has 20 heavy (non-hydrogen) atoms. The highest BCUT2D eigenvalue weighted by atomic mass is 19.1. The molecule has 112 valence electrons. The Morgan fingerprint density at radius 3 is 2.35 bits per heavy atom. The molecule has 2 N–H and O–H groups in total. The van der Waals surface area contributed by atoms with Crippen LogP contribution in [0.1, 0.15) is 33.3 Å². The summed E-state index contributed by atoms with van der Waals surface area (Å²) in [6, 6.07) is 8.88. The lowest BCUT2D eigenvalue weighted by Gasteiger charge is -2.19. The number of benzene rings is 1. The molecule has 0 aromatic heterocycles. The Balaban J connectivity index is 0.00000172. The molecule has 5 heteroatoms. The Hall–Kier alpha value is -1.88. The van der Waals surface area contributed by atoms with E-state index in [2.05, 4.69) is 0 Å². The van der Waals surface area contributed by atoms with E-state index in [0.717, 1.165) is 5.01 Å². The fourth-order valence-corrected chi connectivity index (χ4v) is 1.36. The normalized spacial score (nSPS) is 10.7. The monoisotopic (exact) mass is 282 g/mol. The molecule has 1 aromatic rings. The summed E-state index contributed by atoms with van der Waals surface area (Å²) in [7, 11) is 0. The highest BCUT2D eigenvalue weighted by molar-refractivity contribution is 5.73. The Kier molecular flexibility index (Phi) is 9.04. The number of nitrogens with two attached hydrogens (primary N) is 1. The number of carbonyl (C=O) groups excluding carboxylic acids is 1. The van der Waals surface area contributed by atoms with Gasteiger partial charge in [-0.2, -0.15) is 0 Å². The van der Waals surface area contributed by atoms with Crippen molar-refractivity contribution in [1.82, 2.24) is 5.01 Å². The third-order valence-electron chi connectivity index (χ3n) is 2.19. The van der Waals surface area contributed by atoms with Crippen molar-refractivity contribution in [3.63, 3.8) is 0 Å². The standard InChI is InChI=1S/C13H17FN2O2.C2H6/c1-10(2)18-13(17)16(15)9-12(8-14)11-6-4-3-5-7-11;1-2/h3-8,10H,9,15H2,1-2H3;1-2H3/b12-8-;. The van der Waals surface area contributed by atoms with Crippen LogP contribution < -0.4 is 5.84 Å². The highest BCUT2D eigenvalue weighted by Crippen LogP contribution is 2.15. The number of hydrogen-bond acceptors (Lipinski definition) is 3. The number of hydrazine groups is 1. The fraction of sp³-hybridized carbons (Fsp3) is 0.400. The molecule has 0 saturated carbocycles. The van der Waals surface area contributed by atoms with Crippen LogP contribution in [0, 0.1) is 0 Å². The van der Waals surface area contributed by atoms with Gasteiger partial charge in [0.2, 0.25) is 0 Å². The number of rotatable bonds is 4. The minimum Gasteiger partial charge on any atom is -0.446 e. The average molecular weight is 282 g/mol. The molecule has 0 heterocycles. The van der Waals surface area contributed by atoms with Crippen molar-refractivity contribution in [3.8, 4) is 0 Å². The van der Waals surface area contributed by atoms with Crippen molar-refractivity contribution in [3.05, 3.63) is 42.2 Å². The SMILES string of the molecule is CC.CC(C)OC(=O)N(N)C/C(=C/F)c1ccccc1. The first-order chi connectivity index (χ1) is 9.54. The molecule has 0 fully saturated rings. The molecule has 1 amide bonds. The number of carbonyl (C=O) groups is 1. The first kappa shape index (κ1) is 18.1. The lowest BCUT2D eigenvalue weighted by atomic mass is 10.1. The van der Waals surface area contributed by atoms with Crippen LogP contribution >= 0.6 is 0 Å². The molecule has 0 radical (unpaired) electrons. The largest absolute Gasteiger partial charge is 0.446 e. The minimum atomic E-state index is -0.680. The van der Waals surface area contributed by atoms with Gasteiger partial charge in [-0.15, -0.1) is 0 Å². The third kappa shape index (κ3) is 6.33. The van der Waals surface area contributed by atoms with Gasteiger partial charge in [0.05, 0.1) is 19.0 Å². The van der Waals surface area contributed by atoms with E-state index in [1.807, 2.05) is 19.9 Å². The molecule has 0 saturated heterocycles. The zero-order valence-electron chi connectivity index (χ0n) is 12.5. The molecule has 0 spiro atoms. The summed E-state index contributed by atoms with van der Waals surface area (Å²) in [6.45, 7) is 7.38. The Bertz CT molecular complexity index is 419. The Labute approximate surface area is 120 Å². The predicted octanol–water partition coefficient (Wildman–Crippen LogP) is 3.74. The number of halogens is 1. The van der Waals surface area contributed by atoms with Crippen molar-refractivity contribution in [1.29, 1.82) is 0 Å². The first-order valence-corrected chi connectivity index (χ1v) is 6.62. The lowest BCUT2D eigenvalue weighted by molar-refractivity contribution is 0.0807. The number of ether oxygens (including phenoxy) is 1. The second-order valence-corrected chi connectivity index (χ2v) is 4.06. The molecule has 1 rings (SSSR count). The summed E-state index contributed by atoms with van der Waals surface area (Å²) in [5.74, 6) is 5.53. The van der Waals surface area contributed by atoms with Gasteiger partial charge in [0.15, 0.2) is 0 Å². The van der Waals surface area contributed by atoms with Crippen LogP contribution in [0.4, 0.5) is 9.18 Å². The van der Waals surface area contributed by atoms with Gasteiger partial charge in [0, 0.05) is 5.57 Å². The second-order valence-electron chi connectivity index (χ2n) is 4.06. The van der Waals surface area contributed by atoms with Gasteiger partial charge >= 0.3 is 6.09 Å². The van der Waals surface area contributed by atoms with E-state index in [1.165, 1.54) is 0 Å². The number of nitrogens with zero attached hydrogens (tertiary/aromatic N) is 1. The highest BCUT2D eigenvalue weighted by Gasteiger charge is 2.15. The maximum absolute atomic E-state index is 12.8. The van der Waals surface area contributed by atoms with Gasteiger partial charge in [-0.25, -0.2) is 20.0 Å². The van der Waals surface area contributed by atoms with Crippen molar-refractivity contribution in [2.24, 2.45) is 5.84 Å². The van der Waals surface area contributed by atoms with E-state index in [-0.39, 0.29) is 12.6 Å². The molecule has 0 atom stereocenters. The minimum absolute atomic E-state index is 0.0495. The summed E-state index contributed by atoms with van der Waals surface area (Å²) < 4.78 is 17.7. The predicted molar refractivity (Wildman–Crippen MR) is 79.4 cm³/mol. The lowest BCUT2D eigenvalue weighted by Crippen LogP contribution is -2.40. The molecule has 0 aliphatic rings. The van der Waals surface area contributed by atoms with Crippen LogP contribution in [0.3, 0.4) is 0 Å². The third-order valence-corrected chi connectivity index (χ3v) is 2.19. The molecular weight excluding hydrogens is 259 g/mol. The Morgan fingerprint density at radius 1 is 1.35 bits per heavy atom. The van der Waals surface area contributed by atoms with E-state index >= 15 is 0 Å². The molecule has 1 aromatic carbocycles. The van der Waals surface area contributed by atoms with Gasteiger partial charge in [0.1, 0.15) is 0 Å². The average Bonchev–Trinajstić information content (AvgIpc) is 2.46. The van der Waals surface area contributed by atoms with E-state index in [1.54, 1.807) is 38.1 Å². The van der Waals surface area contributed by atoms with Crippen LogP contribution in [0.15, 0.2) is 36.7 Å². The van der Waals surface area contributed by atoms with Gasteiger partial charge in [0.25, 0.3) is 0 Å². The van der Waals surface area contributed by atoms with Gasteiger partial charge in [-0.1, -0.05) is 44.2 Å². The van der Waals surface area contributed by atoms with Crippen LogP contribution in [-0.4, -0.2) is 23.8 Å². The van der Waals surface area contributed by atoms with Crippen LogP contribution in [0.5, 0.6) is 0 Å². The summed E-state index contributed by atoms with van der Waals surface area (Å²) in [4.78, 5) is 11.5. The topological polar surface area (TPSA) is 55.6 Å². The molecule has 0 bridgehead atoms. The molecule has 0 aliphatic carbocycles. The first-order valence-electron chi connectivity index (χ1n) is 6.62. The van der Waals surface area contributed by atoms with Gasteiger partial charge in [-0.05, 0) is 19.4 Å². The number of hydrogen-bond donors (Lipinski definition) is 1. The molecule has 4 nitrogen and oxygen atoms in total. The number of amides is 1. The van der Waals surface area contributed by atoms with E-state index < -0.39 is 6.09 Å². The second kappa shape index (κ2) is 9.97. The summed E-state index contributed by atoms with van der Waals surface area (Å²) >= 11 is 0. The van der Waals surface area contributed by atoms with E-state index in [0.29, 0.717) is 17.5 Å². The van der Waals surface area contributed by atoms with Crippen molar-refractivity contribution in [2.75, 3.05) is 6.54 Å². The smallest absolute Gasteiger partial charge is 0.424 e. The summed E-state index contributed by atoms with van der Waals surface area (Å²) in [5.41, 5.74) is 0.992. The molecule has 0 aliphatic heterocycles. The molecular formula is C15H23FN2O2. The fourth-order valence-electron chi connectivity index (χ4n) is 1.36. The van der Waals surface area contributed by atoms with E-state index in [9.17, 15) is 9.18 Å².